The van der Waals surface area contributed by atoms with Crippen LogP contribution >= 0.6 is 31.9 Å². The Morgan fingerprint density at radius 3 is 1.50 bits per heavy atom. The molecule has 2 nitrogen and oxygen atoms in total. The molecule has 0 spiro atoms. The van der Waals surface area contributed by atoms with Crippen LogP contribution in [-0.4, -0.2) is 11.6 Å². The molecule has 2 aromatic carbocycles. The van der Waals surface area contributed by atoms with Gasteiger partial charge in [-0.25, -0.2) is 0 Å². The van der Waals surface area contributed by atoms with Gasteiger partial charge >= 0.3 is 0 Å². The highest BCUT2D eigenvalue weighted by Gasteiger charge is 2.15. The molecule has 0 aliphatic rings. The van der Waals surface area contributed by atoms with E-state index in [4.69, 9.17) is 0 Å². The van der Waals surface area contributed by atoms with Crippen LogP contribution in [0.15, 0.2) is 57.5 Å². The fraction of sp³-hybridized carbons (Fsp3) is 0.125. The number of Topliss-reactive ketones (excluding diaryl/α,β-unsaturated/α-hetero) is 2. The van der Waals surface area contributed by atoms with Crippen LogP contribution in [0.4, 0.5) is 0 Å². The molecule has 0 aliphatic carbocycles. The maximum Gasteiger partial charge on any atom is 0.203 e. The first-order valence-electron chi connectivity index (χ1n) is 6.09. The summed E-state index contributed by atoms with van der Waals surface area (Å²) < 4.78 is 1.81. The van der Waals surface area contributed by atoms with Crippen molar-refractivity contribution in [1.29, 1.82) is 0 Å². The summed E-state index contributed by atoms with van der Waals surface area (Å²) in [6, 6.07) is 14.9. The topological polar surface area (TPSA) is 34.1 Å². The summed E-state index contributed by atoms with van der Waals surface area (Å²) in [6.45, 7) is 0. The third-order valence-corrected chi connectivity index (χ3v) is 3.80. The Kier molecular flexibility index (Phi) is 5.26. The zero-order valence-corrected chi connectivity index (χ0v) is 13.8. The van der Waals surface area contributed by atoms with E-state index in [1.54, 1.807) is 0 Å². The number of carbonyl (C=O) groups is 2. The van der Waals surface area contributed by atoms with E-state index < -0.39 is 0 Å². The van der Waals surface area contributed by atoms with Crippen molar-refractivity contribution >= 4 is 43.4 Å². The van der Waals surface area contributed by atoms with Crippen LogP contribution < -0.4 is 0 Å². The molecule has 0 heterocycles. The van der Waals surface area contributed by atoms with E-state index in [9.17, 15) is 9.59 Å². The lowest BCUT2D eigenvalue weighted by Gasteiger charge is -2.03. The molecular weight excluding hydrogens is 384 g/mol. The number of hydrogen-bond donors (Lipinski definition) is 0. The van der Waals surface area contributed by atoms with Crippen molar-refractivity contribution in [3.8, 4) is 0 Å². The molecule has 2 rings (SSSR count). The van der Waals surface area contributed by atoms with Gasteiger partial charge in [0.2, 0.25) is 11.6 Å². The summed E-state index contributed by atoms with van der Waals surface area (Å²) in [5.41, 5.74) is 1.68. The van der Waals surface area contributed by atoms with E-state index in [0.29, 0.717) is 0 Å². The van der Waals surface area contributed by atoms with Crippen molar-refractivity contribution in [1.82, 2.24) is 0 Å². The molecule has 0 fully saturated rings. The van der Waals surface area contributed by atoms with Gasteiger partial charge in [-0.2, -0.15) is 0 Å². The molecule has 0 saturated carbocycles. The molecule has 0 radical (unpaired) electrons. The number of hydrogen-bond acceptors (Lipinski definition) is 2. The molecule has 2 aromatic rings. The molecule has 0 bridgehead atoms. The van der Waals surface area contributed by atoms with Gasteiger partial charge in [-0.1, -0.05) is 56.1 Å². The summed E-state index contributed by atoms with van der Waals surface area (Å²) in [5.74, 6) is -0.717. The first-order valence-corrected chi connectivity index (χ1v) is 7.68. The average Bonchev–Trinajstić information content (AvgIpc) is 2.38. The van der Waals surface area contributed by atoms with Gasteiger partial charge in [0.1, 0.15) is 0 Å². The molecule has 4 heteroatoms. The normalized spacial score (nSPS) is 10.3. The molecule has 20 heavy (non-hydrogen) atoms. The van der Waals surface area contributed by atoms with E-state index in [1.807, 2.05) is 48.5 Å². The van der Waals surface area contributed by atoms with E-state index in [0.717, 1.165) is 20.1 Å². The highest BCUT2D eigenvalue weighted by atomic mass is 79.9. The Hall–Kier alpha value is -1.26. The van der Waals surface area contributed by atoms with Crippen molar-refractivity contribution in [2.75, 3.05) is 0 Å². The predicted octanol–water partition coefficient (Wildman–Crippen LogP) is 4.14. The lowest BCUT2D eigenvalue weighted by Crippen LogP contribution is -2.18. The van der Waals surface area contributed by atoms with Gasteiger partial charge in [-0.3, -0.25) is 9.59 Å². The number of halogens is 2. The molecule has 0 unspecified atom stereocenters. The molecule has 0 aliphatic heterocycles. The second-order valence-corrected chi connectivity index (χ2v) is 6.29. The van der Waals surface area contributed by atoms with E-state index in [-0.39, 0.29) is 24.4 Å². The first-order chi connectivity index (χ1) is 9.54. The zero-order chi connectivity index (χ0) is 14.5. The summed E-state index contributed by atoms with van der Waals surface area (Å²) in [5, 5.41) is 0. The molecule has 0 atom stereocenters. The van der Waals surface area contributed by atoms with Gasteiger partial charge in [-0.05, 0) is 35.4 Å². The van der Waals surface area contributed by atoms with Crippen molar-refractivity contribution in [2.24, 2.45) is 0 Å². The zero-order valence-electron chi connectivity index (χ0n) is 10.6. The Morgan fingerprint density at radius 2 is 1.15 bits per heavy atom. The second kappa shape index (κ2) is 6.95. The molecule has 0 aromatic heterocycles. The predicted molar refractivity (Wildman–Crippen MR) is 85.7 cm³/mol. The Labute approximate surface area is 134 Å². The molecular formula is C16H12Br2O2. The summed E-state index contributed by atoms with van der Waals surface area (Å²) in [4.78, 5) is 23.9. The van der Waals surface area contributed by atoms with E-state index in [2.05, 4.69) is 31.9 Å². The molecule has 0 amide bonds. The third kappa shape index (κ3) is 4.39. The summed E-state index contributed by atoms with van der Waals surface area (Å²) in [6.07, 6.45) is 0.290. The minimum atomic E-state index is -0.358. The van der Waals surface area contributed by atoms with Crippen LogP contribution in [0, 0.1) is 0 Å². The summed E-state index contributed by atoms with van der Waals surface area (Å²) in [7, 11) is 0. The SMILES string of the molecule is O=C(Cc1cccc(Br)c1)C(=O)Cc1cccc(Br)c1. The average molecular weight is 396 g/mol. The maximum atomic E-state index is 11.9. The Morgan fingerprint density at radius 1 is 0.750 bits per heavy atom. The molecule has 0 N–H and O–H groups in total. The van der Waals surface area contributed by atoms with Crippen molar-refractivity contribution in [2.45, 2.75) is 12.8 Å². The summed E-state index contributed by atoms with van der Waals surface area (Å²) >= 11 is 6.70. The van der Waals surface area contributed by atoms with Gasteiger partial charge in [0, 0.05) is 21.8 Å². The van der Waals surface area contributed by atoms with Gasteiger partial charge in [0.15, 0.2) is 0 Å². The Balaban J connectivity index is 2.01. The van der Waals surface area contributed by atoms with Crippen LogP contribution in [0.3, 0.4) is 0 Å². The van der Waals surface area contributed by atoms with Crippen molar-refractivity contribution in [3.63, 3.8) is 0 Å². The third-order valence-electron chi connectivity index (χ3n) is 2.82. The number of rotatable bonds is 5. The highest BCUT2D eigenvalue weighted by Crippen LogP contribution is 2.14. The smallest absolute Gasteiger partial charge is 0.203 e. The lowest BCUT2D eigenvalue weighted by molar-refractivity contribution is -0.135. The fourth-order valence-corrected chi connectivity index (χ4v) is 2.76. The fourth-order valence-electron chi connectivity index (χ4n) is 1.86. The quantitative estimate of drug-likeness (QED) is 0.713. The van der Waals surface area contributed by atoms with E-state index >= 15 is 0 Å². The minimum Gasteiger partial charge on any atom is -0.291 e. The van der Waals surface area contributed by atoms with Gasteiger partial charge in [0.05, 0.1) is 0 Å². The molecule has 0 saturated heterocycles. The standard InChI is InChI=1S/C16H12Br2O2/c17-13-5-1-3-11(7-13)9-15(19)16(20)10-12-4-2-6-14(18)8-12/h1-8H,9-10H2. The number of benzene rings is 2. The van der Waals surface area contributed by atoms with Crippen LogP contribution in [0.1, 0.15) is 11.1 Å². The van der Waals surface area contributed by atoms with Gasteiger partial charge in [0.25, 0.3) is 0 Å². The van der Waals surface area contributed by atoms with Gasteiger partial charge in [-0.15, -0.1) is 0 Å². The van der Waals surface area contributed by atoms with Crippen LogP contribution in [0.2, 0.25) is 0 Å². The lowest BCUT2D eigenvalue weighted by atomic mass is 10.0. The van der Waals surface area contributed by atoms with Gasteiger partial charge < -0.3 is 0 Å². The van der Waals surface area contributed by atoms with Crippen LogP contribution in [0.5, 0.6) is 0 Å². The molecule has 102 valence electrons. The Bertz CT molecular complexity index is 593. The highest BCUT2D eigenvalue weighted by molar-refractivity contribution is 9.10. The number of ketones is 2. The largest absolute Gasteiger partial charge is 0.291 e. The first kappa shape index (κ1) is 15.1. The maximum absolute atomic E-state index is 11.9. The number of carbonyl (C=O) groups excluding carboxylic acids is 2. The van der Waals surface area contributed by atoms with Crippen molar-refractivity contribution < 1.29 is 9.59 Å². The monoisotopic (exact) mass is 394 g/mol. The minimum absolute atomic E-state index is 0.145. The van der Waals surface area contributed by atoms with E-state index in [1.165, 1.54) is 0 Å². The van der Waals surface area contributed by atoms with Crippen LogP contribution in [0.25, 0.3) is 0 Å². The van der Waals surface area contributed by atoms with Crippen molar-refractivity contribution in [3.05, 3.63) is 68.6 Å². The second-order valence-electron chi connectivity index (χ2n) is 4.46. The van der Waals surface area contributed by atoms with Crippen LogP contribution in [-0.2, 0) is 22.4 Å².